The fraction of sp³-hybridized carbons (Fsp3) is 0.417. The molecular weight excluding hydrogens is 408 g/mol. The van der Waals surface area contributed by atoms with E-state index in [-0.39, 0.29) is 11.9 Å². The Morgan fingerprint density at radius 2 is 1.61 bits per heavy atom. The van der Waals surface area contributed by atoms with Crippen LogP contribution in [0.25, 0.3) is 0 Å². The maximum atomic E-state index is 12.9. The van der Waals surface area contributed by atoms with Crippen LogP contribution >= 0.6 is 11.8 Å². The molecule has 0 aromatic heterocycles. The number of benzene rings is 2. The van der Waals surface area contributed by atoms with Crippen LogP contribution in [0.15, 0.2) is 54.6 Å². The van der Waals surface area contributed by atoms with E-state index in [1.54, 1.807) is 0 Å². The number of carbonyl (C=O) groups is 2. The molecule has 1 heterocycles. The van der Waals surface area contributed by atoms with E-state index in [1.165, 1.54) is 0 Å². The second kappa shape index (κ2) is 11.8. The molecule has 0 radical (unpaired) electrons. The third-order valence-electron chi connectivity index (χ3n) is 5.24. The van der Waals surface area contributed by atoms with Gasteiger partial charge in [-0.3, -0.25) is 4.79 Å². The molecule has 2 aromatic carbocycles. The van der Waals surface area contributed by atoms with Gasteiger partial charge in [0, 0.05) is 49.9 Å². The van der Waals surface area contributed by atoms with Crippen LogP contribution in [0, 0.1) is 0 Å². The Morgan fingerprint density at radius 1 is 0.935 bits per heavy atom. The lowest BCUT2D eigenvalue weighted by molar-refractivity contribution is -0.130. The zero-order valence-electron chi connectivity index (χ0n) is 18.4. The van der Waals surface area contributed by atoms with Gasteiger partial charge in [-0.2, -0.15) is 11.8 Å². The molecule has 6 nitrogen and oxygen atoms in total. The highest BCUT2D eigenvalue weighted by Gasteiger charge is 2.17. The summed E-state index contributed by atoms with van der Waals surface area (Å²) in [4.78, 5) is 31.2. The van der Waals surface area contributed by atoms with Gasteiger partial charge in [0.1, 0.15) is 0 Å². The first-order valence-corrected chi connectivity index (χ1v) is 11.9. The fourth-order valence-corrected chi connectivity index (χ4v) is 4.29. The van der Waals surface area contributed by atoms with Crippen molar-refractivity contribution in [3.8, 4) is 0 Å². The van der Waals surface area contributed by atoms with E-state index in [2.05, 4.69) is 10.2 Å². The SMILES string of the molecule is CN(C)CCN(Cc1ccccc1)C(=O)Nc1ccc(CC(=O)N2CCSCC2)cc1. The monoisotopic (exact) mass is 440 g/mol. The third-order valence-corrected chi connectivity index (χ3v) is 6.19. The van der Waals surface area contributed by atoms with Crippen molar-refractivity contribution in [1.29, 1.82) is 0 Å². The smallest absolute Gasteiger partial charge is 0.322 e. The number of thioether (sulfide) groups is 1. The summed E-state index contributed by atoms with van der Waals surface area (Å²) < 4.78 is 0. The largest absolute Gasteiger partial charge is 0.341 e. The number of anilines is 1. The van der Waals surface area contributed by atoms with E-state index in [0.29, 0.717) is 19.5 Å². The molecule has 7 heteroatoms. The zero-order valence-corrected chi connectivity index (χ0v) is 19.2. The van der Waals surface area contributed by atoms with Crippen molar-refractivity contribution in [2.75, 3.05) is 57.1 Å². The Labute approximate surface area is 189 Å². The van der Waals surface area contributed by atoms with Gasteiger partial charge in [0.25, 0.3) is 0 Å². The Bertz CT molecular complexity index is 836. The van der Waals surface area contributed by atoms with Gasteiger partial charge in [-0.15, -0.1) is 0 Å². The zero-order chi connectivity index (χ0) is 22.1. The highest BCUT2D eigenvalue weighted by Crippen LogP contribution is 2.15. The first-order valence-electron chi connectivity index (χ1n) is 10.7. The van der Waals surface area contributed by atoms with E-state index < -0.39 is 0 Å². The number of nitrogens with one attached hydrogen (secondary N) is 1. The first-order chi connectivity index (χ1) is 15.0. The van der Waals surface area contributed by atoms with Crippen molar-refractivity contribution in [2.45, 2.75) is 13.0 Å². The van der Waals surface area contributed by atoms with E-state index in [4.69, 9.17) is 0 Å². The molecule has 0 unspecified atom stereocenters. The van der Waals surface area contributed by atoms with Gasteiger partial charge in [-0.25, -0.2) is 4.79 Å². The number of rotatable bonds is 8. The summed E-state index contributed by atoms with van der Waals surface area (Å²) in [5.74, 6) is 2.21. The number of carbonyl (C=O) groups excluding carboxylic acids is 2. The summed E-state index contributed by atoms with van der Waals surface area (Å²) >= 11 is 1.90. The van der Waals surface area contributed by atoms with E-state index in [1.807, 2.05) is 90.3 Å². The molecule has 2 aromatic rings. The number of amides is 3. The molecule has 31 heavy (non-hydrogen) atoms. The quantitative estimate of drug-likeness (QED) is 0.684. The number of hydrogen-bond acceptors (Lipinski definition) is 4. The van der Waals surface area contributed by atoms with Gasteiger partial charge < -0.3 is 20.0 Å². The number of hydrogen-bond donors (Lipinski definition) is 1. The molecule has 1 aliphatic rings. The van der Waals surface area contributed by atoms with Crippen LogP contribution in [0.5, 0.6) is 0 Å². The highest BCUT2D eigenvalue weighted by molar-refractivity contribution is 7.99. The average molecular weight is 441 g/mol. The predicted octanol–water partition coefficient (Wildman–Crippen LogP) is 3.40. The van der Waals surface area contributed by atoms with Crippen LogP contribution in [-0.2, 0) is 17.8 Å². The summed E-state index contributed by atoms with van der Waals surface area (Å²) in [6.07, 6.45) is 0.405. The molecule has 0 aliphatic carbocycles. The lowest BCUT2D eigenvalue weighted by Crippen LogP contribution is -2.39. The Balaban J connectivity index is 1.58. The Hall–Kier alpha value is -2.51. The summed E-state index contributed by atoms with van der Waals surface area (Å²) in [5.41, 5.74) is 2.80. The minimum atomic E-state index is -0.125. The molecule has 3 rings (SSSR count). The summed E-state index contributed by atoms with van der Waals surface area (Å²) in [6.45, 7) is 3.65. The highest BCUT2D eigenvalue weighted by atomic mass is 32.2. The molecule has 0 spiro atoms. The molecule has 3 amide bonds. The van der Waals surface area contributed by atoms with Crippen molar-refractivity contribution in [1.82, 2.24) is 14.7 Å². The van der Waals surface area contributed by atoms with Crippen LogP contribution in [0.3, 0.4) is 0 Å². The maximum Gasteiger partial charge on any atom is 0.322 e. The second-order valence-corrected chi connectivity index (χ2v) is 9.23. The molecule has 0 bridgehead atoms. The van der Waals surface area contributed by atoms with Crippen molar-refractivity contribution >= 4 is 29.4 Å². The van der Waals surface area contributed by atoms with Crippen molar-refractivity contribution < 1.29 is 9.59 Å². The molecule has 1 N–H and O–H groups in total. The average Bonchev–Trinajstić information content (AvgIpc) is 2.79. The molecule has 1 saturated heterocycles. The summed E-state index contributed by atoms with van der Waals surface area (Å²) in [6, 6.07) is 17.5. The third kappa shape index (κ3) is 7.60. The molecule has 1 aliphatic heterocycles. The first kappa shape index (κ1) is 23.2. The standard InChI is InChI=1S/C24H32N4O2S/c1-26(2)12-13-28(19-21-6-4-3-5-7-21)24(30)25-22-10-8-20(9-11-22)18-23(29)27-14-16-31-17-15-27/h3-11H,12-19H2,1-2H3,(H,25,30). The van der Waals surface area contributed by atoms with Crippen molar-refractivity contribution in [2.24, 2.45) is 0 Å². The molecule has 0 atom stereocenters. The number of nitrogens with zero attached hydrogens (tertiary/aromatic N) is 3. The molecule has 1 fully saturated rings. The van der Waals surface area contributed by atoms with Gasteiger partial charge >= 0.3 is 6.03 Å². The second-order valence-electron chi connectivity index (χ2n) is 8.01. The van der Waals surface area contributed by atoms with Crippen molar-refractivity contribution in [3.63, 3.8) is 0 Å². The van der Waals surface area contributed by atoms with Crippen LogP contribution in [0.4, 0.5) is 10.5 Å². The van der Waals surface area contributed by atoms with E-state index in [0.717, 1.165) is 48.0 Å². The van der Waals surface area contributed by atoms with E-state index in [9.17, 15) is 9.59 Å². The van der Waals surface area contributed by atoms with Gasteiger partial charge in [-0.05, 0) is 37.4 Å². The maximum absolute atomic E-state index is 12.9. The van der Waals surface area contributed by atoms with E-state index >= 15 is 0 Å². The lowest BCUT2D eigenvalue weighted by Gasteiger charge is -2.26. The Morgan fingerprint density at radius 3 is 2.26 bits per heavy atom. The minimum Gasteiger partial charge on any atom is -0.341 e. The number of likely N-dealkylation sites (N-methyl/N-ethyl adjacent to an activating group) is 1. The summed E-state index contributed by atoms with van der Waals surface area (Å²) in [7, 11) is 4.00. The fourth-order valence-electron chi connectivity index (χ4n) is 3.38. The Kier molecular flexibility index (Phi) is 8.79. The predicted molar refractivity (Wildman–Crippen MR) is 128 cm³/mol. The lowest BCUT2D eigenvalue weighted by atomic mass is 10.1. The van der Waals surface area contributed by atoms with Crippen molar-refractivity contribution in [3.05, 3.63) is 65.7 Å². The van der Waals surface area contributed by atoms with Gasteiger partial charge in [0.2, 0.25) is 5.91 Å². The topological polar surface area (TPSA) is 55.9 Å². The normalized spacial score (nSPS) is 13.8. The number of urea groups is 1. The molecule has 0 saturated carbocycles. The minimum absolute atomic E-state index is 0.125. The van der Waals surface area contributed by atoms with Gasteiger partial charge in [0.15, 0.2) is 0 Å². The van der Waals surface area contributed by atoms with Crippen LogP contribution < -0.4 is 5.32 Å². The van der Waals surface area contributed by atoms with Gasteiger partial charge in [0.05, 0.1) is 6.42 Å². The summed E-state index contributed by atoms with van der Waals surface area (Å²) in [5, 5.41) is 3.00. The van der Waals surface area contributed by atoms with Gasteiger partial charge in [-0.1, -0.05) is 42.5 Å². The van der Waals surface area contributed by atoms with Crippen LogP contribution in [-0.4, -0.2) is 78.4 Å². The molecular formula is C24H32N4O2S. The molecule has 166 valence electrons. The van der Waals surface area contributed by atoms with Crippen LogP contribution in [0.1, 0.15) is 11.1 Å². The van der Waals surface area contributed by atoms with Crippen LogP contribution in [0.2, 0.25) is 0 Å².